The molecule has 1 saturated carbocycles. The summed E-state index contributed by atoms with van der Waals surface area (Å²) in [7, 11) is 0. The van der Waals surface area contributed by atoms with E-state index in [0.717, 1.165) is 35.6 Å². The van der Waals surface area contributed by atoms with E-state index < -0.39 is 0 Å². The monoisotopic (exact) mass is 258 g/mol. The summed E-state index contributed by atoms with van der Waals surface area (Å²) in [5.41, 5.74) is 1.65. The number of benzene rings is 1. The molecule has 2 nitrogen and oxygen atoms in total. The molecule has 0 N–H and O–H groups in total. The second-order valence-corrected chi connectivity index (χ2v) is 6.55. The summed E-state index contributed by atoms with van der Waals surface area (Å²) in [6.45, 7) is 6.55. The number of carbonyl (C=O) groups is 1. The van der Waals surface area contributed by atoms with Crippen LogP contribution >= 0.6 is 0 Å². The van der Waals surface area contributed by atoms with E-state index in [-0.39, 0.29) is 11.4 Å². The molecule has 0 aromatic heterocycles. The number of fused-ring (bicyclic) bond motifs is 1. The van der Waals surface area contributed by atoms with Crippen molar-refractivity contribution in [2.75, 3.05) is 0 Å². The van der Waals surface area contributed by atoms with Gasteiger partial charge in [0.25, 0.3) is 0 Å². The van der Waals surface area contributed by atoms with Gasteiger partial charge in [-0.05, 0) is 50.2 Å². The van der Waals surface area contributed by atoms with Crippen LogP contribution < -0.4 is 4.74 Å². The van der Waals surface area contributed by atoms with Crippen molar-refractivity contribution in [1.29, 1.82) is 0 Å². The minimum Gasteiger partial charge on any atom is -0.486 e. The zero-order valence-corrected chi connectivity index (χ0v) is 12.0. The number of rotatable bonds is 0. The Morgan fingerprint density at radius 2 is 2.11 bits per heavy atom. The van der Waals surface area contributed by atoms with Crippen molar-refractivity contribution in [2.45, 2.75) is 52.1 Å². The Kier molecular flexibility index (Phi) is 2.92. The highest BCUT2D eigenvalue weighted by molar-refractivity contribution is 6.00. The quantitative estimate of drug-likeness (QED) is 0.698. The molecule has 1 fully saturated rings. The lowest BCUT2D eigenvalue weighted by Crippen LogP contribution is -2.50. The van der Waals surface area contributed by atoms with Crippen LogP contribution in [0.25, 0.3) is 0 Å². The Morgan fingerprint density at radius 1 is 1.32 bits per heavy atom. The van der Waals surface area contributed by atoms with Gasteiger partial charge in [-0.25, -0.2) is 0 Å². The highest BCUT2D eigenvalue weighted by atomic mass is 16.5. The smallest absolute Gasteiger partial charge is 0.170 e. The van der Waals surface area contributed by atoms with Gasteiger partial charge in [-0.3, -0.25) is 4.79 Å². The minimum atomic E-state index is -0.244. The maximum atomic E-state index is 12.5. The van der Waals surface area contributed by atoms with Gasteiger partial charge in [0, 0.05) is 0 Å². The second kappa shape index (κ2) is 4.36. The fraction of sp³-hybridized carbons (Fsp3) is 0.588. The molecule has 3 unspecified atom stereocenters. The van der Waals surface area contributed by atoms with E-state index in [9.17, 15) is 4.79 Å². The molecule has 0 bridgehead atoms. The van der Waals surface area contributed by atoms with Crippen molar-refractivity contribution in [3.63, 3.8) is 0 Å². The summed E-state index contributed by atoms with van der Waals surface area (Å²) >= 11 is 0. The van der Waals surface area contributed by atoms with Crippen molar-refractivity contribution >= 4 is 5.78 Å². The van der Waals surface area contributed by atoms with Gasteiger partial charge >= 0.3 is 0 Å². The fourth-order valence-electron chi connectivity index (χ4n) is 3.66. The minimum absolute atomic E-state index is 0.244. The van der Waals surface area contributed by atoms with E-state index in [1.807, 2.05) is 25.1 Å². The maximum Gasteiger partial charge on any atom is 0.170 e. The van der Waals surface area contributed by atoms with Crippen molar-refractivity contribution in [3.8, 4) is 5.75 Å². The fourth-order valence-corrected chi connectivity index (χ4v) is 3.66. The van der Waals surface area contributed by atoms with Crippen LogP contribution in [0.4, 0.5) is 0 Å². The Labute approximate surface area is 115 Å². The SMILES string of the molecule is Cc1ccc2c(c1)C(=O)CC1(CCC(C)CC1C)O2. The molecule has 0 amide bonds. The highest BCUT2D eigenvalue weighted by Gasteiger charge is 2.47. The van der Waals surface area contributed by atoms with Gasteiger partial charge in [-0.15, -0.1) is 0 Å². The lowest BCUT2D eigenvalue weighted by atomic mass is 9.68. The number of ether oxygens (including phenoxy) is 1. The first-order chi connectivity index (χ1) is 9.00. The van der Waals surface area contributed by atoms with Gasteiger partial charge in [0.2, 0.25) is 0 Å². The van der Waals surface area contributed by atoms with E-state index in [0.29, 0.717) is 12.3 Å². The van der Waals surface area contributed by atoms with Gasteiger partial charge in [0.1, 0.15) is 11.4 Å². The number of carbonyl (C=O) groups excluding carboxylic acids is 1. The average Bonchev–Trinajstić information content (AvgIpc) is 2.36. The van der Waals surface area contributed by atoms with Crippen LogP contribution in [-0.4, -0.2) is 11.4 Å². The first-order valence-corrected chi connectivity index (χ1v) is 7.33. The summed E-state index contributed by atoms with van der Waals surface area (Å²) in [5.74, 6) is 2.25. The molecule has 3 atom stereocenters. The van der Waals surface area contributed by atoms with Crippen LogP contribution in [0.3, 0.4) is 0 Å². The van der Waals surface area contributed by atoms with Crippen LogP contribution in [0, 0.1) is 18.8 Å². The number of Topliss-reactive ketones (excluding diaryl/α,β-unsaturated/α-hetero) is 1. The Balaban J connectivity index is 1.96. The summed E-state index contributed by atoms with van der Waals surface area (Å²) in [6.07, 6.45) is 3.89. The Hall–Kier alpha value is -1.31. The summed E-state index contributed by atoms with van der Waals surface area (Å²) in [6, 6.07) is 5.95. The van der Waals surface area contributed by atoms with E-state index >= 15 is 0 Å². The van der Waals surface area contributed by atoms with Gasteiger partial charge < -0.3 is 4.74 Å². The molecule has 1 aromatic carbocycles. The molecule has 2 heteroatoms. The third kappa shape index (κ3) is 2.07. The molecule has 1 spiro atoms. The van der Waals surface area contributed by atoms with Crippen LogP contribution in [0.1, 0.15) is 55.5 Å². The van der Waals surface area contributed by atoms with Crippen molar-refractivity contribution < 1.29 is 9.53 Å². The third-order valence-electron chi connectivity index (χ3n) is 4.92. The third-order valence-corrected chi connectivity index (χ3v) is 4.92. The summed E-state index contributed by atoms with van der Waals surface area (Å²) in [4.78, 5) is 12.5. The first-order valence-electron chi connectivity index (χ1n) is 7.33. The number of ketones is 1. The van der Waals surface area contributed by atoms with Crippen LogP contribution in [-0.2, 0) is 0 Å². The molecule has 1 aliphatic carbocycles. The maximum absolute atomic E-state index is 12.5. The molecule has 102 valence electrons. The van der Waals surface area contributed by atoms with Crippen molar-refractivity contribution in [3.05, 3.63) is 29.3 Å². The molecule has 2 aliphatic rings. The highest BCUT2D eigenvalue weighted by Crippen LogP contribution is 2.46. The molecular formula is C17H22O2. The summed E-state index contributed by atoms with van der Waals surface area (Å²) in [5, 5.41) is 0. The van der Waals surface area contributed by atoms with Gasteiger partial charge in [0.15, 0.2) is 5.78 Å². The van der Waals surface area contributed by atoms with E-state index in [1.165, 1.54) is 6.42 Å². The molecule has 19 heavy (non-hydrogen) atoms. The zero-order chi connectivity index (χ0) is 13.6. The van der Waals surface area contributed by atoms with E-state index in [2.05, 4.69) is 13.8 Å². The molecule has 1 aliphatic heterocycles. The molecule has 3 rings (SSSR count). The molecule has 1 heterocycles. The topological polar surface area (TPSA) is 26.3 Å². The number of hydrogen-bond acceptors (Lipinski definition) is 2. The first kappa shape index (κ1) is 12.7. The van der Waals surface area contributed by atoms with Crippen LogP contribution in [0.5, 0.6) is 5.75 Å². The average molecular weight is 258 g/mol. The van der Waals surface area contributed by atoms with Crippen LogP contribution in [0.15, 0.2) is 18.2 Å². The standard InChI is InChI=1S/C17H22O2/c1-11-4-5-16-14(9-11)15(18)10-17(19-16)7-6-12(2)8-13(17)3/h4-5,9,12-13H,6-8,10H2,1-3H3. The largest absolute Gasteiger partial charge is 0.486 e. The van der Waals surface area contributed by atoms with Gasteiger partial charge in [-0.1, -0.05) is 25.5 Å². The lowest BCUT2D eigenvalue weighted by Gasteiger charge is -2.46. The number of aryl methyl sites for hydroxylation is 1. The normalized spacial score (nSPS) is 33.9. The Bertz CT molecular complexity index is 520. The molecule has 0 saturated heterocycles. The van der Waals surface area contributed by atoms with Crippen molar-refractivity contribution in [1.82, 2.24) is 0 Å². The predicted octanol–water partition coefficient (Wildman–Crippen LogP) is 4.16. The summed E-state index contributed by atoms with van der Waals surface area (Å²) < 4.78 is 6.33. The van der Waals surface area contributed by atoms with E-state index in [1.54, 1.807) is 0 Å². The lowest BCUT2D eigenvalue weighted by molar-refractivity contribution is -0.0371. The van der Waals surface area contributed by atoms with Gasteiger partial charge in [-0.2, -0.15) is 0 Å². The predicted molar refractivity (Wildman–Crippen MR) is 75.7 cm³/mol. The molecule has 0 radical (unpaired) electrons. The number of hydrogen-bond donors (Lipinski definition) is 0. The van der Waals surface area contributed by atoms with E-state index in [4.69, 9.17) is 4.74 Å². The Morgan fingerprint density at radius 3 is 2.84 bits per heavy atom. The van der Waals surface area contributed by atoms with Crippen molar-refractivity contribution in [2.24, 2.45) is 11.8 Å². The zero-order valence-electron chi connectivity index (χ0n) is 12.0. The molecular weight excluding hydrogens is 236 g/mol. The van der Waals surface area contributed by atoms with Crippen LogP contribution in [0.2, 0.25) is 0 Å². The van der Waals surface area contributed by atoms with Gasteiger partial charge in [0.05, 0.1) is 12.0 Å². The molecule has 1 aromatic rings. The second-order valence-electron chi connectivity index (χ2n) is 6.55.